The fourth-order valence-corrected chi connectivity index (χ4v) is 6.62. The molecule has 6 nitrogen and oxygen atoms in total. The van der Waals surface area contributed by atoms with Gasteiger partial charge in [-0.25, -0.2) is 4.79 Å². The van der Waals surface area contributed by atoms with Gasteiger partial charge in [0.15, 0.2) is 0 Å². The summed E-state index contributed by atoms with van der Waals surface area (Å²) in [7, 11) is 0. The van der Waals surface area contributed by atoms with Crippen molar-refractivity contribution in [2.75, 3.05) is 23.0 Å². The fraction of sp³-hybridized carbons (Fsp3) is 0.320. The lowest BCUT2D eigenvalue weighted by molar-refractivity contribution is -0.113. The van der Waals surface area contributed by atoms with Gasteiger partial charge >= 0.3 is 5.97 Å². The first-order chi connectivity index (χ1) is 16.4. The van der Waals surface area contributed by atoms with Crippen molar-refractivity contribution in [1.29, 1.82) is 0 Å². The number of amides is 2. The zero-order chi connectivity index (χ0) is 24.1. The van der Waals surface area contributed by atoms with Gasteiger partial charge in [0, 0.05) is 15.5 Å². The van der Waals surface area contributed by atoms with Crippen LogP contribution < -0.4 is 10.6 Å². The molecular formula is C25H26N2O4S3. The molecule has 2 amide bonds. The van der Waals surface area contributed by atoms with E-state index in [-0.39, 0.29) is 23.5 Å². The average Bonchev–Trinajstić information content (AvgIpc) is 3.46. The summed E-state index contributed by atoms with van der Waals surface area (Å²) < 4.78 is 5.28. The van der Waals surface area contributed by atoms with Gasteiger partial charge in [-0.3, -0.25) is 9.59 Å². The van der Waals surface area contributed by atoms with E-state index in [1.54, 1.807) is 13.0 Å². The second-order valence-corrected chi connectivity index (χ2v) is 11.2. The Morgan fingerprint density at radius 2 is 2.03 bits per heavy atom. The summed E-state index contributed by atoms with van der Waals surface area (Å²) in [6, 6.07) is 11.0. The van der Waals surface area contributed by atoms with Crippen molar-refractivity contribution in [3.63, 3.8) is 0 Å². The highest BCUT2D eigenvalue weighted by Crippen LogP contribution is 2.40. The number of ether oxygens (including phenoxy) is 1. The molecule has 0 radical (unpaired) electrons. The molecule has 0 saturated carbocycles. The molecule has 1 aliphatic carbocycles. The van der Waals surface area contributed by atoms with E-state index < -0.39 is 0 Å². The predicted molar refractivity (Wildman–Crippen MR) is 140 cm³/mol. The van der Waals surface area contributed by atoms with Crippen LogP contribution >= 0.6 is 34.4 Å². The normalized spacial score (nSPS) is 14.8. The Balaban J connectivity index is 1.41. The highest BCUT2D eigenvalue weighted by molar-refractivity contribution is 8.00. The number of hydrogen-bond acceptors (Lipinski definition) is 7. The first-order valence-electron chi connectivity index (χ1n) is 11.1. The minimum atomic E-state index is -0.369. The van der Waals surface area contributed by atoms with Crippen LogP contribution in [0.4, 0.5) is 10.7 Å². The highest BCUT2D eigenvalue weighted by atomic mass is 32.2. The van der Waals surface area contributed by atoms with E-state index in [1.165, 1.54) is 39.3 Å². The quantitative estimate of drug-likeness (QED) is 0.281. The van der Waals surface area contributed by atoms with Gasteiger partial charge in [-0.05, 0) is 67.3 Å². The van der Waals surface area contributed by atoms with Crippen molar-refractivity contribution in [2.24, 2.45) is 5.92 Å². The molecule has 1 aromatic carbocycles. The number of thiophene rings is 2. The molecule has 34 heavy (non-hydrogen) atoms. The molecule has 4 rings (SSSR count). The number of fused-ring (bicyclic) bond motifs is 1. The Bertz CT molecular complexity index is 1190. The molecule has 1 atom stereocenters. The smallest absolute Gasteiger partial charge is 0.341 e. The molecular weight excluding hydrogens is 488 g/mol. The summed E-state index contributed by atoms with van der Waals surface area (Å²) in [6.07, 6.45) is 2.77. The first kappa shape index (κ1) is 24.5. The maximum absolute atomic E-state index is 12.8. The van der Waals surface area contributed by atoms with Gasteiger partial charge in [0.25, 0.3) is 5.91 Å². The molecule has 1 unspecified atom stereocenters. The summed E-state index contributed by atoms with van der Waals surface area (Å²) in [4.78, 5) is 40.4. The Morgan fingerprint density at radius 1 is 1.18 bits per heavy atom. The number of thioether (sulfide) groups is 1. The maximum atomic E-state index is 12.8. The summed E-state index contributed by atoms with van der Waals surface area (Å²) in [5.74, 6) is 0.0379. The van der Waals surface area contributed by atoms with Crippen LogP contribution in [0.2, 0.25) is 0 Å². The number of hydrogen-bond donors (Lipinski definition) is 2. The molecule has 2 N–H and O–H groups in total. The van der Waals surface area contributed by atoms with Crippen molar-refractivity contribution in [3.05, 3.63) is 62.7 Å². The van der Waals surface area contributed by atoms with Gasteiger partial charge in [0.2, 0.25) is 5.91 Å². The number of esters is 1. The molecule has 3 aromatic rings. The van der Waals surface area contributed by atoms with E-state index in [2.05, 4.69) is 17.6 Å². The van der Waals surface area contributed by atoms with Gasteiger partial charge in [0.05, 0.1) is 22.8 Å². The van der Waals surface area contributed by atoms with Gasteiger partial charge in [0.1, 0.15) is 5.00 Å². The Hall–Kier alpha value is -2.62. The second-order valence-electron chi connectivity index (χ2n) is 8.07. The highest BCUT2D eigenvalue weighted by Gasteiger charge is 2.29. The van der Waals surface area contributed by atoms with E-state index in [9.17, 15) is 14.4 Å². The third-order valence-electron chi connectivity index (χ3n) is 5.45. The number of carbonyl (C=O) groups excluding carboxylic acids is 3. The Kier molecular flexibility index (Phi) is 8.07. The molecule has 0 saturated heterocycles. The minimum Gasteiger partial charge on any atom is -0.462 e. The van der Waals surface area contributed by atoms with E-state index in [1.807, 2.05) is 35.7 Å². The summed E-state index contributed by atoms with van der Waals surface area (Å²) in [5, 5.41) is 8.27. The molecule has 9 heteroatoms. The van der Waals surface area contributed by atoms with Crippen LogP contribution in [0.15, 0.2) is 46.7 Å². The van der Waals surface area contributed by atoms with Crippen LogP contribution in [0.3, 0.4) is 0 Å². The van der Waals surface area contributed by atoms with Gasteiger partial charge in [-0.15, -0.1) is 34.4 Å². The predicted octanol–water partition coefficient (Wildman–Crippen LogP) is 6.09. The lowest BCUT2D eigenvalue weighted by Crippen LogP contribution is -2.17. The zero-order valence-electron chi connectivity index (χ0n) is 19.0. The Labute approximate surface area is 211 Å². The number of anilines is 2. The van der Waals surface area contributed by atoms with Crippen LogP contribution in [-0.2, 0) is 22.4 Å². The van der Waals surface area contributed by atoms with Gasteiger partial charge in [-0.2, -0.15) is 0 Å². The zero-order valence-corrected chi connectivity index (χ0v) is 21.5. The average molecular weight is 515 g/mol. The number of carbonyl (C=O) groups is 3. The van der Waals surface area contributed by atoms with E-state index in [0.29, 0.717) is 33.7 Å². The van der Waals surface area contributed by atoms with Gasteiger partial charge in [-0.1, -0.05) is 19.1 Å². The summed E-state index contributed by atoms with van der Waals surface area (Å²) in [6.45, 7) is 4.28. The lowest BCUT2D eigenvalue weighted by atomic mass is 9.88. The third kappa shape index (κ3) is 5.89. The minimum absolute atomic E-state index is 0.155. The largest absolute Gasteiger partial charge is 0.462 e. The van der Waals surface area contributed by atoms with E-state index in [0.717, 1.165) is 29.7 Å². The van der Waals surface area contributed by atoms with Crippen LogP contribution in [0, 0.1) is 5.92 Å². The maximum Gasteiger partial charge on any atom is 0.341 e. The second kappa shape index (κ2) is 11.2. The van der Waals surface area contributed by atoms with Crippen LogP contribution in [-0.4, -0.2) is 30.1 Å². The summed E-state index contributed by atoms with van der Waals surface area (Å²) in [5.41, 5.74) is 2.22. The van der Waals surface area contributed by atoms with Gasteiger partial charge < -0.3 is 15.4 Å². The lowest BCUT2D eigenvalue weighted by Gasteiger charge is -2.18. The standard InChI is InChI=1S/C25H26N2O4S3/c1-3-31-25(30)22-18-10-9-15(2)12-20(18)34-24(22)27-21(28)14-33-17-7-4-6-16(13-17)26-23(29)19-8-5-11-32-19/h4-8,11,13,15H,3,9-10,12,14H2,1-2H3,(H,26,29)(H,27,28). The molecule has 0 bridgehead atoms. The number of nitrogens with one attached hydrogen (secondary N) is 2. The molecule has 2 heterocycles. The van der Waals surface area contributed by atoms with Crippen molar-refractivity contribution in [1.82, 2.24) is 0 Å². The monoisotopic (exact) mass is 514 g/mol. The van der Waals surface area contributed by atoms with Crippen molar-refractivity contribution >= 4 is 62.9 Å². The molecule has 2 aromatic heterocycles. The van der Waals surface area contributed by atoms with E-state index >= 15 is 0 Å². The van der Waals surface area contributed by atoms with Crippen LogP contribution in [0.5, 0.6) is 0 Å². The molecule has 0 fully saturated rings. The van der Waals surface area contributed by atoms with Crippen LogP contribution in [0.1, 0.15) is 50.7 Å². The Morgan fingerprint density at radius 3 is 2.79 bits per heavy atom. The van der Waals surface area contributed by atoms with Crippen molar-refractivity contribution < 1.29 is 19.1 Å². The topological polar surface area (TPSA) is 84.5 Å². The van der Waals surface area contributed by atoms with Crippen molar-refractivity contribution in [3.8, 4) is 0 Å². The molecule has 178 valence electrons. The summed E-state index contributed by atoms with van der Waals surface area (Å²) >= 11 is 4.25. The molecule has 0 spiro atoms. The number of benzene rings is 1. The molecule has 0 aliphatic heterocycles. The van der Waals surface area contributed by atoms with Crippen molar-refractivity contribution in [2.45, 2.75) is 38.0 Å². The van der Waals surface area contributed by atoms with E-state index in [4.69, 9.17) is 4.74 Å². The molecule has 1 aliphatic rings. The van der Waals surface area contributed by atoms with Crippen LogP contribution in [0.25, 0.3) is 0 Å². The first-order valence-corrected chi connectivity index (χ1v) is 13.8. The SMILES string of the molecule is CCOC(=O)c1c(NC(=O)CSc2cccc(NC(=O)c3cccs3)c2)sc2c1CCC(C)C2. The number of rotatable bonds is 8. The third-order valence-corrected chi connectivity index (χ3v) is 8.48. The fourth-order valence-electron chi connectivity index (χ4n) is 3.83.